The smallest absolute Gasteiger partial charge is 0.172 e. The Hall–Kier alpha value is -1.62. The molecule has 0 bridgehead atoms. The number of aromatic nitrogens is 2. The second-order valence-corrected chi connectivity index (χ2v) is 3.52. The molecule has 2 rings (SSSR count). The Kier molecular flexibility index (Phi) is 2.55. The van der Waals surface area contributed by atoms with E-state index in [-0.39, 0.29) is 0 Å². The van der Waals surface area contributed by atoms with Gasteiger partial charge in [-0.15, -0.1) is 0 Å². The van der Waals surface area contributed by atoms with Crippen molar-refractivity contribution in [2.45, 2.75) is 6.92 Å². The van der Waals surface area contributed by atoms with Crippen LogP contribution in [0.4, 0.5) is 5.82 Å². The summed E-state index contributed by atoms with van der Waals surface area (Å²) >= 11 is 0. The number of pyridine rings is 1. The third-order valence-corrected chi connectivity index (χ3v) is 2.38. The molecule has 2 heterocycles. The summed E-state index contributed by atoms with van der Waals surface area (Å²) in [6, 6.07) is 1.88. The zero-order valence-corrected chi connectivity index (χ0v) is 8.90. The van der Waals surface area contributed by atoms with Crippen LogP contribution in [0.5, 0.6) is 0 Å². The van der Waals surface area contributed by atoms with Crippen LogP contribution in [0.15, 0.2) is 16.8 Å². The van der Waals surface area contributed by atoms with Crippen molar-refractivity contribution in [1.82, 2.24) is 10.1 Å². The molecule has 2 aromatic rings. The first-order valence-electron chi connectivity index (χ1n) is 4.85. The topological polar surface area (TPSA) is 68.2 Å². The minimum Gasteiger partial charge on any atom is -0.358 e. The molecule has 0 spiro atoms. The van der Waals surface area contributed by atoms with Crippen molar-refractivity contribution in [2.24, 2.45) is 5.73 Å². The quantitative estimate of drug-likeness (QED) is 0.809. The Morgan fingerprint density at radius 3 is 3.07 bits per heavy atom. The molecule has 0 fully saturated rings. The highest BCUT2D eigenvalue weighted by Crippen LogP contribution is 2.20. The van der Waals surface area contributed by atoms with E-state index in [9.17, 15) is 0 Å². The maximum atomic E-state index is 5.48. The molecular weight excluding hydrogens is 192 g/mol. The summed E-state index contributed by atoms with van der Waals surface area (Å²) < 4.78 is 5.17. The third-order valence-electron chi connectivity index (χ3n) is 2.38. The van der Waals surface area contributed by atoms with E-state index in [2.05, 4.69) is 10.1 Å². The van der Waals surface area contributed by atoms with Crippen LogP contribution in [0, 0.1) is 6.92 Å². The molecule has 5 nitrogen and oxygen atoms in total. The number of rotatable bonds is 3. The second kappa shape index (κ2) is 3.86. The van der Waals surface area contributed by atoms with Crippen LogP contribution in [0.3, 0.4) is 0 Å². The molecule has 0 saturated heterocycles. The Bertz CT molecular complexity index is 465. The lowest BCUT2D eigenvalue weighted by Crippen LogP contribution is -2.25. The normalized spacial score (nSPS) is 10.9. The predicted molar refractivity (Wildman–Crippen MR) is 58.9 cm³/mol. The van der Waals surface area contributed by atoms with Gasteiger partial charge < -0.3 is 15.2 Å². The number of hydrogen-bond acceptors (Lipinski definition) is 5. The zero-order chi connectivity index (χ0) is 10.8. The molecule has 0 aliphatic carbocycles. The summed E-state index contributed by atoms with van der Waals surface area (Å²) in [6.07, 6.45) is 1.78. The van der Waals surface area contributed by atoms with Crippen molar-refractivity contribution < 1.29 is 4.52 Å². The van der Waals surface area contributed by atoms with Gasteiger partial charge in [0.1, 0.15) is 5.82 Å². The molecule has 0 aliphatic heterocycles. The molecule has 0 unspecified atom stereocenters. The standard InChI is InChI=1S/C10H14N4O/c1-7-8-6-12-10(14(2)4-3-11)5-9(8)15-13-7/h5-6H,3-4,11H2,1-2H3. The fourth-order valence-electron chi connectivity index (χ4n) is 1.46. The zero-order valence-electron chi connectivity index (χ0n) is 8.90. The van der Waals surface area contributed by atoms with Crippen molar-refractivity contribution in [1.29, 1.82) is 0 Å². The number of nitrogens with two attached hydrogens (primary N) is 1. The van der Waals surface area contributed by atoms with E-state index in [1.807, 2.05) is 24.9 Å². The molecule has 15 heavy (non-hydrogen) atoms. The van der Waals surface area contributed by atoms with Crippen molar-refractivity contribution in [2.75, 3.05) is 25.0 Å². The van der Waals surface area contributed by atoms with E-state index >= 15 is 0 Å². The van der Waals surface area contributed by atoms with Gasteiger partial charge in [-0.05, 0) is 6.92 Å². The van der Waals surface area contributed by atoms with Gasteiger partial charge in [0, 0.05) is 32.4 Å². The van der Waals surface area contributed by atoms with Gasteiger partial charge in [0.15, 0.2) is 5.58 Å². The van der Waals surface area contributed by atoms with Gasteiger partial charge in [0.05, 0.1) is 11.1 Å². The molecule has 0 aliphatic rings. The van der Waals surface area contributed by atoms with Gasteiger partial charge in [-0.2, -0.15) is 0 Å². The summed E-state index contributed by atoms with van der Waals surface area (Å²) in [5.74, 6) is 0.851. The number of likely N-dealkylation sites (N-methyl/N-ethyl adjacent to an activating group) is 1. The van der Waals surface area contributed by atoms with Crippen molar-refractivity contribution in [3.05, 3.63) is 18.0 Å². The van der Waals surface area contributed by atoms with Crippen molar-refractivity contribution >= 4 is 16.8 Å². The summed E-state index contributed by atoms with van der Waals surface area (Å²) in [5, 5.41) is 4.84. The van der Waals surface area contributed by atoms with E-state index < -0.39 is 0 Å². The second-order valence-electron chi connectivity index (χ2n) is 3.52. The van der Waals surface area contributed by atoms with Crippen LogP contribution in [0.2, 0.25) is 0 Å². The highest BCUT2D eigenvalue weighted by atomic mass is 16.5. The van der Waals surface area contributed by atoms with Gasteiger partial charge >= 0.3 is 0 Å². The largest absolute Gasteiger partial charge is 0.358 e. The van der Waals surface area contributed by atoms with Crippen molar-refractivity contribution in [3.63, 3.8) is 0 Å². The molecule has 2 aromatic heterocycles. The van der Waals surface area contributed by atoms with Crippen LogP contribution in [0.1, 0.15) is 5.69 Å². The number of nitrogens with zero attached hydrogens (tertiary/aromatic N) is 3. The molecule has 80 valence electrons. The lowest BCUT2D eigenvalue weighted by Gasteiger charge is -2.16. The third kappa shape index (κ3) is 1.78. The van der Waals surface area contributed by atoms with Gasteiger partial charge in [-0.3, -0.25) is 0 Å². The minimum absolute atomic E-state index is 0.603. The molecule has 0 atom stereocenters. The summed E-state index contributed by atoms with van der Waals surface area (Å²) in [4.78, 5) is 6.31. The van der Waals surface area contributed by atoms with Gasteiger partial charge in [0.2, 0.25) is 0 Å². The molecule has 0 radical (unpaired) electrons. The van der Waals surface area contributed by atoms with Crippen molar-refractivity contribution in [3.8, 4) is 0 Å². The van der Waals surface area contributed by atoms with E-state index in [0.29, 0.717) is 6.54 Å². The average Bonchev–Trinajstić information content (AvgIpc) is 2.60. The Balaban J connectivity index is 2.38. The predicted octanol–water partition coefficient (Wildman–Crippen LogP) is 0.926. The maximum absolute atomic E-state index is 5.48. The summed E-state index contributed by atoms with van der Waals surface area (Å²) in [6.45, 7) is 3.27. The van der Waals surface area contributed by atoms with Gasteiger partial charge in [0.25, 0.3) is 0 Å². The number of hydrogen-bond donors (Lipinski definition) is 1. The van der Waals surface area contributed by atoms with Crippen LogP contribution in [0.25, 0.3) is 11.0 Å². The average molecular weight is 206 g/mol. The van der Waals surface area contributed by atoms with Gasteiger partial charge in [-0.25, -0.2) is 4.98 Å². The van der Waals surface area contributed by atoms with E-state index in [1.165, 1.54) is 0 Å². The molecule has 0 saturated carbocycles. The number of anilines is 1. The molecule has 5 heteroatoms. The lowest BCUT2D eigenvalue weighted by atomic mass is 10.3. The maximum Gasteiger partial charge on any atom is 0.172 e. The molecular formula is C10H14N4O. The molecule has 0 aromatic carbocycles. The Morgan fingerprint density at radius 2 is 2.33 bits per heavy atom. The first-order chi connectivity index (χ1) is 7.22. The number of fused-ring (bicyclic) bond motifs is 1. The highest BCUT2D eigenvalue weighted by molar-refractivity contribution is 5.80. The Morgan fingerprint density at radius 1 is 1.53 bits per heavy atom. The monoisotopic (exact) mass is 206 g/mol. The fourth-order valence-corrected chi connectivity index (χ4v) is 1.46. The van der Waals surface area contributed by atoms with Gasteiger partial charge in [-0.1, -0.05) is 5.16 Å². The lowest BCUT2D eigenvalue weighted by molar-refractivity contribution is 0.450. The van der Waals surface area contributed by atoms with E-state index in [1.54, 1.807) is 6.20 Å². The first kappa shape index (κ1) is 9.92. The van der Waals surface area contributed by atoms with Crippen LogP contribution >= 0.6 is 0 Å². The fraction of sp³-hybridized carbons (Fsp3) is 0.400. The SMILES string of the molecule is Cc1noc2cc(N(C)CCN)ncc12. The molecule has 0 amide bonds. The first-order valence-corrected chi connectivity index (χ1v) is 4.85. The summed E-state index contributed by atoms with van der Waals surface area (Å²) in [5.41, 5.74) is 7.11. The molecule has 2 N–H and O–H groups in total. The van der Waals surface area contributed by atoms with Crippen LogP contribution in [-0.2, 0) is 0 Å². The number of aryl methyl sites for hydroxylation is 1. The highest BCUT2D eigenvalue weighted by Gasteiger charge is 2.08. The minimum atomic E-state index is 0.603. The summed E-state index contributed by atoms with van der Waals surface area (Å²) in [7, 11) is 1.95. The van der Waals surface area contributed by atoms with E-state index in [0.717, 1.165) is 29.0 Å². The van der Waals surface area contributed by atoms with E-state index in [4.69, 9.17) is 10.3 Å². The van der Waals surface area contributed by atoms with Crippen LogP contribution < -0.4 is 10.6 Å². The Labute approximate surface area is 87.9 Å². The van der Waals surface area contributed by atoms with Crippen LogP contribution in [-0.4, -0.2) is 30.3 Å².